The molecule has 0 spiro atoms. The summed E-state index contributed by atoms with van der Waals surface area (Å²) in [4.78, 5) is 6.69. The van der Waals surface area contributed by atoms with Crippen LogP contribution in [0.25, 0.3) is 0 Å². The van der Waals surface area contributed by atoms with E-state index in [0.717, 1.165) is 50.2 Å². The third-order valence-corrected chi connectivity index (χ3v) is 4.74. The second kappa shape index (κ2) is 5.10. The number of hydrogen-bond donors (Lipinski definition) is 2. The molecule has 0 radical (unpaired) electrons. The van der Waals surface area contributed by atoms with Crippen LogP contribution in [0.1, 0.15) is 37.7 Å². The van der Waals surface area contributed by atoms with Gasteiger partial charge >= 0.3 is 0 Å². The first-order valence-corrected chi connectivity index (χ1v) is 7.24. The largest absolute Gasteiger partial charge is 0.392 e. The van der Waals surface area contributed by atoms with Crippen molar-refractivity contribution in [3.8, 4) is 0 Å². The molecule has 0 amide bonds. The van der Waals surface area contributed by atoms with Gasteiger partial charge in [-0.3, -0.25) is 0 Å². The Morgan fingerprint density at radius 2 is 2.21 bits per heavy atom. The van der Waals surface area contributed by atoms with Crippen LogP contribution in [0.15, 0.2) is 18.3 Å². The SMILES string of the molecule is OCc1ccc(N2CCC3(O)CCCCC3C2)nc1. The fourth-order valence-electron chi connectivity index (χ4n) is 3.48. The van der Waals surface area contributed by atoms with Crippen molar-refractivity contribution < 1.29 is 10.2 Å². The molecule has 2 N–H and O–H groups in total. The van der Waals surface area contributed by atoms with Crippen molar-refractivity contribution in [2.45, 2.75) is 44.3 Å². The third-order valence-electron chi connectivity index (χ3n) is 4.74. The molecular weight excluding hydrogens is 240 g/mol. The highest BCUT2D eigenvalue weighted by Crippen LogP contribution is 2.40. The van der Waals surface area contributed by atoms with Gasteiger partial charge in [0.25, 0.3) is 0 Å². The minimum absolute atomic E-state index is 0.0374. The molecule has 2 aliphatic rings. The molecule has 2 unspecified atom stereocenters. The van der Waals surface area contributed by atoms with Crippen molar-refractivity contribution in [1.29, 1.82) is 0 Å². The van der Waals surface area contributed by atoms with E-state index in [9.17, 15) is 5.11 Å². The summed E-state index contributed by atoms with van der Waals surface area (Å²) in [5, 5.41) is 19.7. The van der Waals surface area contributed by atoms with Crippen LogP contribution >= 0.6 is 0 Å². The molecular formula is C15H22N2O2. The minimum Gasteiger partial charge on any atom is -0.392 e. The van der Waals surface area contributed by atoms with Crippen LogP contribution in [0.3, 0.4) is 0 Å². The Labute approximate surface area is 114 Å². The molecule has 2 fully saturated rings. The fraction of sp³-hybridized carbons (Fsp3) is 0.667. The van der Waals surface area contributed by atoms with Crippen LogP contribution in [0.4, 0.5) is 5.82 Å². The lowest BCUT2D eigenvalue weighted by atomic mass is 9.71. The number of aliphatic hydroxyl groups excluding tert-OH is 1. The molecule has 0 bridgehead atoms. The van der Waals surface area contributed by atoms with Crippen LogP contribution in [0.5, 0.6) is 0 Å². The highest BCUT2D eigenvalue weighted by atomic mass is 16.3. The molecule has 1 aliphatic carbocycles. The number of piperidine rings is 1. The maximum Gasteiger partial charge on any atom is 0.128 e. The maximum absolute atomic E-state index is 10.7. The Bertz CT molecular complexity index is 434. The normalized spacial score (nSPS) is 31.1. The van der Waals surface area contributed by atoms with Gasteiger partial charge in [-0.25, -0.2) is 4.98 Å². The molecule has 3 rings (SSSR count). The zero-order valence-corrected chi connectivity index (χ0v) is 11.3. The molecule has 2 heterocycles. The highest BCUT2D eigenvalue weighted by molar-refractivity contribution is 5.40. The minimum atomic E-state index is -0.431. The van der Waals surface area contributed by atoms with E-state index in [1.54, 1.807) is 6.20 Å². The van der Waals surface area contributed by atoms with E-state index in [1.165, 1.54) is 6.42 Å². The van der Waals surface area contributed by atoms with Crippen molar-refractivity contribution in [2.24, 2.45) is 5.92 Å². The lowest BCUT2D eigenvalue weighted by Crippen LogP contribution is -2.53. The van der Waals surface area contributed by atoms with Crippen LogP contribution in [0, 0.1) is 5.92 Å². The lowest BCUT2D eigenvalue weighted by molar-refractivity contribution is -0.0613. The summed E-state index contributed by atoms with van der Waals surface area (Å²) in [6.45, 7) is 1.82. The van der Waals surface area contributed by atoms with Gasteiger partial charge in [0.05, 0.1) is 12.2 Å². The predicted molar refractivity (Wildman–Crippen MR) is 73.9 cm³/mol. The molecule has 1 aromatic heterocycles. The zero-order chi connectivity index (χ0) is 13.3. The monoisotopic (exact) mass is 262 g/mol. The Hall–Kier alpha value is -1.13. The van der Waals surface area contributed by atoms with Crippen molar-refractivity contribution in [3.05, 3.63) is 23.9 Å². The fourth-order valence-corrected chi connectivity index (χ4v) is 3.48. The number of fused-ring (bicyclic) bond motifs is 1. The van der Waals surface area contributed by atoms with Gasteiger partial charge in [-0.05, 0) is 30.9 Å². The second-order valence-corrected chi connectivity index (χ2v) is 5.93. The van der Waals surface area contributed by atoms with E-state index in [4.69, 9.17) is 5.11 Å². The number of rotatable bonds is 2. The van der Waals surface area contributed by atoms with E-state index in [0.29, 0.717) is 5.92 Å². The Morgan fingerprint density at radius 1 is 1.32 bits per heavy atom. The van der Waals surface area contributed by atoms with Crippen LogP contribution in [-0.2, 0) is 6.61 Å². The number of nitrogens with zero attached hydrogens (tertiary/aromatic N) is 2. The zero-order valence-electron chi connectivity index (χ0n) is 11.3. The second-order valence-electron chi connectivity index (χ2n) is 5.93. The summed E-state index contributed by atoms with van der Waals surface area (Å²) in [6, 6.07) is 3.89. The summed E-state index contributed by atoms with van der Waals surface area (Å²) < 4.78 is 0. The first-order chi connectivity index (χ1) is 9.21. The summed E-state index contributed by atoms with van der Waals surface area (Å²) in [5.41, 5.74) is 0.412. The van der Waals surface area contributed by atoms with Crippen molar-refractivity contribution >= 4 is 5.82 Å². The molecule has 1 saturated carbocycles. The van der Waals surface area contributed by atoms with Gasteiger partial charge in [0.2, 0.25) is 0 Å². The van der Waals surface area contributed by atoms with Crippen molar-refractivity contribution in [3.63, 3.8) is 0 Å². The molecule has 2 atom stereocenters. The summed E-state index contributed by atoms with van der Waals surface area (Å²) in [7, 11) is 0. The summed E-state index contributed by atoms with van der Waals surface area (Å²) in [5.74, 6) is 1.35. The number of aromatic nitrogens is 1. The molecule has 4 heteroatoms. The van der Waals surface area contributed by atoms with Gasteiger partial charge in [0.1, 0.15) is 5.82 Å². The molecule has 0 aromatic carbocycles. The van der Waals surface area contributed by atoms with E-state index in [-0.39, 0.29) is 6.61 Å². The summed E-state index contributed by atoms with van der Waals surface area (Å²) in [6.07, 6.45) is 7.07. The van der Waals surface area contributed by atoms with Gasteiger partial charge < -0.3 is 15.1 Å². The van der Waals surface area contributed by atoms with Crippen LogP contribution in [-0.4, -0.2) is 33.9 Å². The Kier molecular flexibility index (Phi) is 3.46. The topological polar surface area (TPSA) is 56.6 Å². The van der Waals surface area contributed by atoms with Gasteiger partial charge in [0.15, 0.2) is 0 Å². The molecule has 4 nitrogen and oxygen atoms in total. The number of aliphatic hydroxyl groups is 2. The number of hydrogen-bond acceptors (Lipinski definition) is 4. The summed E-state index contributed by atoms with van der Waals surface area (Å²) >= 11 is 0. The Balaban J connectivity index is 1.73. The Morgan fingerprint density at radius 3 is 2.95 bits per heavy atom. The van der Waals surface area contributed by atoms with Crippen molar-refractivity contribution in [1.82, 2.24) is 4.98 Å². The van der Waals surface area contributed by atoms with Gasteiger partial charge in [0, 0.05) is 25.2 Å². The lowest BCUT2D eigenvalue weighted by Gasteiger charge is -2.47. The van der Waals surface area contributed by atoms with Gasteiger partial charge in [-0.2, -0.15) is 0 Å². The average molecular weight is 262 g/mol. The molecule has 1 saturated heterocycles. The van der Waals surface area contributed by atoms with Crippen LogP contribution in [0.2, 0.25) is 0 Å². The number of pyridine rings is 1. The molecule has 1 aromatic rings. The maximum atomic E-state index is 10.7. The van der Waals surface area contributed by atoms with Crippen LogP contribution < -0.4 is 4.90 Å². The predicted octanol–water partition coefficient (Wildman–Crippen LogP) is 1.71. The third kappa shape index (κ3) is 2.47. The van der Waals surface area contributed by atoms with Crippen molar-refractivity contribution in [2.75, 3.05) is 18.0 Å². The van der Waals surface area contributed by atoms with E-state index < -0.39 is 5.60 Å². The first-order valence-electron chi connectivity index (χ1n) is 7.24. The first kappa shape index (κ1) is 12.9. The van der Waals surface area contributed by atoms with E-state index >= 15 is 0 Å². The van der Waals surface area contributed by atoms with E-state index in [2.05, 4.69) is 9.88 Å². The quantitative estimate of drug-likeness (QED) is 0.852. The highest BCUT2D eigenvalue weighted by Gasteiger charge is 2.42. The van der Waals surface area contributed by atoms with Gasteiger partial charge in [-0.15, -0.1) is 0 Å². The molecule has 19 heavy (non-hydrogen) atoms. The van der Waals surface area contributed by atoms with Gasteiger partial charge in [-0.1, -0.05) is 18.9 Å². The standard InChI is InChI=1S/C15H22N2O2/c18-11-12-4-5-14(16-9-12)17-8-7-15(19)6-2-1-3-13(15)10-17/h4-5,9,13,18-19H,1-3,6-8,10-11H2. The smallest absolute Gasteiger partial charge is 0.128 e. The number of anilines is 1. The average Bonchev–Trinajstić information content (AvgIpc) is 2.46. The molecule has 1 aliphatic heterocycles. The van der Waals surface area contributed by atoms with E-state index in [1.807, 2.05) is 12.1 Å². The molecule has 104 valence electrons.